The molecule has 0 aliphatic carbocycles. The molecule has 4 amide bonds. The number of hydrogen-bond donors (Lipinski definition) is 3. The minimum atomic E-state index is -0.622. The minimum absolute atomic E-state index is 0.0761. The molecular weight excluding hydrogens is 533 g/mol. The second-order valence-electron chi connectivity index (χ2n) is 8.29. The van der Waals surface area contributed by atoms with Gasteiger partial charge >= 0.3 is 6.03 Å². The molecule has 0 radical (unpaired) electrons. The third-order valence-electron chi connectivity index (χ3n) is 5.68. The molecule has 0 spiro atoms. The second kappa shape index (κ2) is 12.3. The summed E-state index contributed by atoms with van der Waals surface area (Å²) in [7, 11) is 0. The topological polar surface area (TPSA) is 94.2 Å². The van der Waals surface area contributed by atoms with Crippen LogP contribution in [-0.2, 0) is 9.53 Å². The maximum atomic E-state index is 13.8. The summed E-state index contributed by atoms with van der Waals surface area (Å²) in [6.07, 6.45) is 0. The number of nitrogens with one attached hydrogen (secondary N) is 2. The lowest BCUT2D eigenvalue weighted by atomic mass is 10.2. The Morgan fingerprint density at radius 3 is 2.26 bits per heavy atom. The average Bonchev–Trinajstić information content (AvgIpc) is 2.90. The zero-order valence-electron chi connectivity index (χ0n) is 20.4. The normalized spacial score (nSPS) is 13.5. The molecule has 2 N–H and O–H groups in total. The van der Waals surface area contributed by atoms with Gasteiger partial charge in [0.05, 0.1) is 35.2 Å². The summed E-state index contributed by atoms with van der Waals surface area (Å²) in [6, 6.07) is 16.2. The third-order valence-corrected chi connectivity index (χ3v) is 6.39. The monoisotopic (exact) mass is 557 g/mol. The van der Waals surface area contributed by atoms with E-state index in [1.165, 1.54) is 30.1 Å². The van der Waals surface area contributed by atoms with Crippen LogP contribution in [-0.4, -0.2) is 49.2 Å². The molecule has 0 atom stereocenters. The largest absolute Gasteiger partial charge is 0.379 e. The van der Waals surface area contributed by atoms with E-state index in [9.17, 15) is 18.8 Å². The fraction of sp³-hybridized carbons (Fsp3) is 0.192. The van der Waals surface area contributed by atoms with E-state index < -0.39 is 17.8 Å². The summed E-state index contributed by atoms with van der Waals surface area (Å²) < 4.78 is 20.3. The van der Waals surface area contributed by atoms with Crippen LogP contribution in [0.1, 0.15) is 17.3 Å². The van der Waals surface area contributed by atoms with Crippen LogP contribution in [0.2, 0.25) is 5.02 Å². The van der Waals surface area contributed by atoms with Crippen LogP contribution in [0.4, 0.5) is 31.9 Å². The summed E-state index contributed by atoms with van der Waals surface area (Å²) in [5.74, 6) is -1.41. The number of ether oxygens (including phenoxy) is 1. The lowest BCUT2D eigenvalue weighted by Crippen LogP contribution is -2.51. The highest BCUT2D eigenvalue weighted by atomic mass is 35.5. The maximum Gasteiger partial charge on any atom is 0.336 e. The van der Waals surface area contributed by atoms with Crippen molar-refractivity contribution >= 4 is 65.0 Å². The van der Waals surface area contributed by atoms with Gasteiger partial charge < -0.3 is 15.4 Å². The molecule has 38 heavy (non-hydrogen) atoms. The molecule has 12 heteroatoms. The predicted octanol–water partition coefficient (Wildman–Crippen LogP) is 5.21. The fourth-order valence-corrected chi connectivity index (χ4v) is 4.30. The molecule has 0 bridgehead atoms. The Hall–Kier alpha value is -3.64. The van der Waals surface area contributed by atoms with Crippen molar-refractivity contribution in [1.29, 1.82) is 0 Å². The van der Waals surface area contributed by atoms with Crippen molar-refractivity contribution in [3.63, 3.8) is 0 Å². The number of urea groups is 1. The van der Waals surface area contributed by atoms with Crippen molar-refractivity contribution < 1.29 is 23.5 Å². The number of anilines is 4. The Morgan fingerprint density at radius 1 is 0.974 bits per heavy atom. The molecule has 4 rings (SSSR count). The van der Waals surface area contributed by atoms with Gasteiger partial charge in [-0.15, -0.1) is 0 Å². The predicted molar refractivity (Wildman–Crippen MR) is 148 cm³/mol. The number of thiol groups is 1. The zero-order valence-corrected chi connectivity index (χ0v) is 22.0. The average molecular weight is 558 g/mol. The number of benzene rings is 3. The van der Waals surface area contributed by atoms with E-state index in [2.05, 4.69) is 23.4 Å². The Morgan fingerprint density at radius 2 is 1.63 bits per heavy atom. The van der Waals surface area contributed by atoms with Gasteiger partial charge in [-0.25, -0.2) is 23.5 Å². The Labute approximate surface area is 229 Å². The lowest BCUT2D eigenvalue weighted by molar-refractivity contribution is -0.120. The SMILES string of the molecule is CC(=O)N(c1ccc(NC(=O)N(S)c2ccc(NC(=O)c3ccccc3F)cc2)cc1Cl)N1CCOCC1. The van der Waals surface area contributed by atoms with Crippen LogP contribution in [0.5, 0.6) is 0 Å². The van der Waals surface area contributed by atoms with Crippen LogP contribution in [0.3, 0.4) is 0 Å². The van der Waals surface area contributed by atoms with Crippen molar-refractivity contribution in [3.05, 3.63) is 83.1 Å². The molecular formula is C26H25ClFN5O4S. The van der Waals surface area contributed by atoms with Crippen LogP contribution in [0, 0.1) is 5.82 Å². The van der Waals surface area contributed by atoms with Gasteiger partial charge in [-0.05, 0) is 54.6 Å². The number of hydrazine groups is 1. The first kappa shape index (κ1) is 27.4. The number of halogens is 2. The Bertz CT molecular complexity index is 1340. The minimum Gasteiger partial charge on any atom is -0.379 e. The molecule has 0 saturated carbocycles. The van der Waals surface area contributed by atoms with E-state index in [0.29, 0.717) is 49.1 Å². The third kappa shape index (κ3) is 6.43. The molecule has 0 aromatic heterocycles. The van der Waals surface area contributed by atoms with Gasteiger partial charge in [-0.1, -0.05) is 36.5 Å². The van der Waals surface area contributed by atoms with E-state index >= 15 is 0 Å². The molecule has 0 unspecified atom stereocenters. The molecule has 9 nitrogen and oxygen atoms in total. The highest BCUT2D eigenvalue weighted by molar-refractivity contribution is 7.82. The van der Waals surface area contributed by atoms with Crippen LogP contribution >= 0.6 is 24.4 Å². The molecule has 3 aromatic carbocycles. The molecule has 1 saturated heterocycles. The summed E-state index contributed by atoms with van der Waals surface area (Å²) in [4.78, 5) is 37.4. The van der Waals surface area contributed by atoms with Crippen LogP contribution in [0.15, 0.2) is 66.7 Å². The van der Waals surface area contributed by atoms with Crippen molar-refractivity contribution in [3.8, 4) is 0 Å². The number of amides is 4. The summed E-state index contributed by atoms with van der Waals surface area (Å²) in [6.45, 7) is 3.57. The standard InChI is InChI=1S/C26H25ClFN5O4S/c1-17(34)32(31-12-14-37-15-13-31)24-11-8-19(16-22(24)27)30-26(36)33(38)20-9-6-18(7-10-20)29-25(35)21-4-2-3-5-23(21)28/h2-11,16,38H,12-15H2,1H3,(H,29,35)(H,30,36). The van der Waals surface area contributed by atoms with Gasteiger partial charge in [0.25, 0.3) is 5.91 Å². The lowest BCUT2D eigenvalue weighted by Gasteiger charge is -2.37. The van der Waals surface area contributed by atoms with E-state index in [4.69, 9.17) is 16.3 Å². The number of morpholine rings is 1. The van der Waals surface area contributed by atoms with Gasteiger partial charge in [0, 0.05) is 31.4 Å². The van der Waals surface area contributed by atoms with E-state index in [0.717, 1.165) is 4.31 Å². The molecule has 1 fully saturated rings. The first-order chi connectivity index (χ1) is 18.2. The first-order valence-corrected chi connectivity index (χ1v) is 12.4. The summed E-state index contributed by atoms with van der Waals surface area (Å²) >= 11 is 10.8. The Balaban J connectivity index is 1.40. The fourth-order valence-electron chi connectivity index (χ4n) is 3.85. The van der Waals surface area contributed by atoms with Gasteiger partial charge in [-0.3, -0.25) is 9.59 Å². The highest BCUT2D eigenvalue weighted by Crippen LogP contribution is 2.31. The van der Waals surface area contributed by atoms with Gasteiger partial charge in [0.15, 0.2) is 0 Å². The van der Waals surface area contributed by atoms with Gasteiger partial charge in [-0.2, -0.15) is 0 Å². The number of carbonyl (C=O) groups is 3. The van der Waals surface area contributed by atoms with Crippen molar-refractivity contribution in [1.82, 2.24) is 5.01 Å². The first-order valence-electron chi connectivity index (χ1n) is 11.6. The second-order valence-corrected chi connectivity index (χ2v) is 9.09. The van der Waals surface area contributed by atoms with Crippen LogP contribution in [0.25, 0.3) is 0 Å². The highest BCUT2D eigenvalue weighted by Gasteiger charge is 2.25. The van der Waals surface area contributed by atoms with E-state index in [-0.39, 0.29) is 16.5 Å². The molecule has 1 heterocycles. The molecule has 1 aliphatic heterocycles. The van der Waals surface area contributed by atoms with Crippen molar-refractivity contribution in [2.75, 3.05) is 46.3 Å². The smallest absolute Gasteiger partial charge is 0.336 e. The zero-order chi connectivity index (χ0) is 27.2. The van der Waals surface area contributed by atoms with Gasteiger partial charge in [0.1, 0.15) is 5.82 Å². The molecule has 1 aliphatic rings. The van der Waals surface area contributed by atoms with Gasteiger partial charge in [0.2, 0.25) is 5.91 Å². The quantitative estimate of drug-likeness (QED) is 0.362. The van der Waals surface area contributed by atoms with Crippen molar-refractivity contribution in [2.24, 2.45) is 0 Å². The van der Waals surface area contributed by atoms with Crippen molar-refractivity contribution in [2.45, 2.75) is 6.92 Å². The number of carbonyl (C=O) groups excluding carboxylic acids is 3. The van der Waals surface area contributed by atoms with Crippen LogP contribution < -0.4 is 19.9 Å². The molecule has 198 valence electrons. The Kier molecular flexibility index (Phi) is 8.85. The number of hydrogen-bond acceptors (Lipinski definition) is 6. The van der Waals surface area contributed by atoms with E-state index in [1.807, 2.05) is 5.01 Å². The molecule has 3 aromatic rings. The maximum absolute atomic E-state index is 13.8. The summed E-state index contributed by atoms with van der Waals surface area (Å²) in [5.41, 5.74) is 1.67. The van der Waals surface area contributed by atoms with E-state index in [1.54, 1.807) is 48.5 Å². The number of rotatable bonds is 6. The number of nitrogens with zero attached hydrogens (tertiary/aromatic N) is 3. The summed E-state index contributed by atoms with van der Waals surface area (Å²) in [5, 5.41) is 8.97.